The van der Waals surface area contributed by atoms with Crippen molar-refractivity contribution in [3.8, 4) is 0 Å². The van der Waals surface area contributed by atoms with E-state index < -0.39 is 0 Å². The van der Waals surface area contributed by atoms with Gasteiger partial charge in [0.2, 0.25) is 0 Å². The third kappa shape index (κ3) is 3.49. The van der Waals surface area contributed by atoms with E-state index in [0.29, 0.717) is 19.0 Å². The lowest BCUT2D eigenvalue weighted by Crippen LogP contribution is -2.34. The second kappa shape index (κ2) is 6.09. The molecule has 2 rings (SSSR count). The van der Waals surface area contributed by atoms with E-state index in [9.17, 15) is 0 Å². The van der Waals surface area contributed by atoms with Gasteiger partial charge in [0.05, 0.1) is 11.8 Å². The maximum atomic E-state index is 8.72. The van der Waals surface area contributed by atoms with Gasteiger partial charge in [0.1, 0.15) is 0 Å². The summed E-state index contributed by atoms with van der Waals surface area (Å²) in [5.74, 6) is 0. The summed E-state index contributed by atoms with van der Waals surface area (Å²) in [6.07, 6.45) is 3.96. The lowest BCUT2D eigenvalue weighted by molar-refractivity contribution is 0.113. The van der Waals surface area contributed by atoms with Crippen molar-refractivity contribution in [1.82, 2.24) is 20.3 Å². The minimum Gasteiger partial charge on any atom is -0.396 e. The molecule has 2 atom stereocenters. The summed E-state index contributed by atoms with van der Waals surface area (Å²) in [5.41, 5.74) is 0.932. The number of hydrogen-bond donors (Lipinski definition) is 2. The SMILES string of the molecule is CC1OCCC1NCc1cn(CCCO)nn1. The maximum Gasteiger partial charge on any atom is 0.0964 e. The molecule has 1 aliphatic rings. The summed E-state index contributed by atoms with van der Waals surface area (Å²) >= 11 is 0. The van der Waals surface area contributed by atoms with Gasteiger partial charge >= 0.3 is 0 Å². The Morgan fingerprint density at radius 1 is 1.65 bits per heavy atom. The average Bonchev–Trinajstić information content (AvgIpc) is 2.93. The van der Waals surface area contributed by atoms with E-state index in [2.05, 4.69) is 22.6 Å². The number of nitrogens with zero attached hydrogens (tertiary/aromatic N) is 3. The van der Waals surface area contributed by atoms with Gasteiger partial charge in [-0.15, -0.1) is 5.10 Å². The van der Waals surface area contributed by atoms with Gasteiger partial charge in [0.25, 0.3) is 0 Å². The zero-order valence-electron chi connectivity index (χ0n) is 10.2. The molecule has 0 aromatic carbocycles. The molecule has 1 fully saturated rings. The molecule has 1 saturated heterocycles. The number of aliphatic hydroxyl groups is 1. The van der Waals surface area contributed by atoms with Gasteiger partial charge in [0, 0.05) is 38.5 Å². The Morgan fingerprint density at radius 2 is 2.53 bits per heavy atom. The fraction of sp³-hybridized carbons (Fsp3) is 0.818. The molecule has 2 unspecified atom stereocenters. The Morgan fingerprint density at radius 3 is 3.24 bits per heavy atom. The number of ether oxygens (including phenoxy) is 1. The van der Waals surface area contributed by atoms with E-state index >= 15 is 0 Å². The second-order valence-corrected chi connectivity index (χ2v) is 4.40. The Balaban J connectivity index is 1.76. The van der Waals surface area contributed by atoms with E-state index in [1.165, 1.54) is 0 Å². The first kappa shape index (κ1) is 12.5. The van der Waals surface area contributed by atoms with Gasteiger partial charge in [-0.25, -0.2) is 0 Å². The molecule has 1 aromatic rings. The van der Waals surface area contributed by atoms with E-state index in [-0.39, 0.29) is 12.7 Å². The van der Waals surface area contributed by atoms with Crippen molar-refractivity contribution in [1.29, 1.82) is 0 Å². The van der Waals surface area contributed by atoms with Crippen LogP contribution in [0.25, 0.3) is 0 Å². The molecule has 6 nitrogen and oxygen atoms in total. The molecule has 96 valence electrons. The third-order valence-electron chi connectivity index (χ3n) is 3.05. The van der Waals surface area contributed by atoms with Crippen molar-refractivity contribution in [3.05, 3.63) is 11.9 Å². The fourth-order valence-electron chi connectivity index (χ4n) is 2.00. The van der Waals surface area contributed by atoms with Crippen LogP contribution in [0.3, 0.4) is 0 Å². The van der Waals surface area contributed by atoms with Crippen molar-refractivity contribution in [2.45, 2.75) is 45.0 Å². The molecule has 0 bridgehead atoms. The summed E-state index contributed by atoms with van der Waals surface area (Å²) in [5, 5.41) is 20.2. The lowest BCUT2D eigenvalue weighted by Gasteiger charge is -2.14. The van der Waals surface area contributed by atoms with Crippen LogP contribution in [-0.4, -0.2) is 45.5 Å². The number of rotatable bonds is 6. The zero-order valence-corrected chi connectivity index (χ0v) is 10.2. The number of aromatic nitrogens is 3. The van der Waals surface area contributed by atoms with E-state index in [4.69, 9.17) is 9.84 Å². The molecule has 0 aliphatic carbocycles. The van der Waals surface area contributed by atoms with E-state index in [1.54, 1.807) is 4.68 Å². The molecule has 2 N–H and O–H groups in total. The van der Waals surface area contributed by atoms with Crippen LogP contribution in [0.4, 0.5) is 0 Å². The van der Waals surface area contributed by atoms with Crippen LogP contribution in [0.5, 0.6) is 0 Å². The van der Waals surface area contributed by atoms with Crippen molar-refractivity contribution in [3.63, 3.8) is 0 Å². The first-order valence-corrected chi connectivity index (χ1v) is 6.14. The Bertz CT molecular complexity index is 342. The standard InChI is InChI=1S/C11H20N4O2/c1-9-11(3-6-17-9)12-7-10-8-15(14-13-10)4-2-5-16/h8-9,11-12,16H,2-7H2,1H3. The third-order valence-corrected chi connectivity index (χ3v) is 3.05. The number of aliphatic hydroxyl groups excluding tert-OH is 1. The molecule has 2 heterocycles. The highest BCUT2D eigenvalue weighted by Crippen LogP contribution is 2.12. The molecule has 6 heteroatoms. The molecular formula is C11H20N4O2. The van der Waals surface area contributed by atoms with Crippen LogP contribution >= 0.6 is 0 Å². The summed E-state index contributed by atoms with van der Waals surface area (Å²) in [6, 6.07) is 0.414. The largest absolute Gasteiger partial charge is 0.396 e. The van der Waals surface area contributed by atoms with Crippen LogP contribution in [0.15, 0.2) is 6.20 Å². The Labute approximate surface area is 101 Å². The molecule has 0 radical (unpaired) electrons. The van der Waals surface area contributed by atoms with Gasteiger partial charge in [-0.2, -0.15) is 0 Å². The highest BCUT2D eigenvalue weighted by molar-refractivity contribution is 4.93. The predicted molar refractivity (Wildman–Crippen MR) is 62.4 cm³/mol. The normalized spacial score (nSPS) is 24.4. The Hall–Kier alpha value is -0.980. The molecule has 1 aromatic heterocycles. The summed E-state index contributed by atoms with van der Waals surface area (Å²) in [7, 11) is 0. The highest BCUT2D eigenvalue weighted by Gasteiger charge is 2.23. The van der Waals surface area contributed by atoms with Gasteiger partial charge < -0.3 is 15.2 Å². The van der Waals surface area contributed by atoms with Crippen molar-refractivity contribution < 1.29 is 9.84 Å². The number of nitrogens with one attached hydrogen (secondary N) is 1. The quantitative estimate of drug-likeness (QED) is 0.728. The number of aryl methyl sites for hydroxylation is 1. The molecular weight excluding hydrogens is 220 g/mol. The highest BCUT2D eigenvalue weighted by atomic mass is 16.5. The average molecular weight is 240 g/mol. The molecule has 1 aliphatic heterocycles. The van der Waals surface area contributed by atoms with Crippen LogP contribution in [0, 0.1) is 0 Å². The molecule has 0 amide bonds. The predicted octanol–water partition coefficient (Wildman–Crippen LogP) is -0.0725. The first-order chi connectivity index (χ1) is 8.29. The smallest absolute Gasteiger partial charge is 0.0964 e. The molecule has 0 saturated carbocycles. The maximum absolute atomic E-state index is 8.72. The van der Waals surface area contributed by atoms with Crippen LogP contribution < -0.4 is 5.32 Å². The van der Waals surface area contributed by atoms with Gasteiger partial charge in [-0.1, -0.05) is 5.21 Å². The van der Waals surface area contributed by atoms with Gasteiger partial charge in [-0.3, -0.25) is 4.68 Å². The van der Waals surface area contributed by atoms with Crippen molar-refractivity contribution in [2.24, 2.45) is 0 Å². The van der Waals surface area contributed by atoms with Crippen molar-refractivity contribution in [2.75, 3.05) is 13.2 Å². The van der Waals surface area contributed by atoms with Gasteiger partial charge in [-0.05, 0) is 19.8 Å². The van der Waals surface area contributed by atoms with Crippen LogP contribution in [-0.2, 0) is 17.8 Å². The van der Waals surface area contributed by atoms with E-state index in [0.717, 1.165) is 25.3 Å². The fourth-order valence-corrected chi connectivity index (χ4v) is 2.00. The van der Waals surface area contributed by atoms with Gasteiger partial charge in [0.15, 0.2) is 0 Å². The topological polar surface area (TPSA) is 72.2 Å². The number of hydrogen-bond acceptors (Lipinski definition) is 5. The Kier molecular flexibility index (Phi) is 4.47. The monoisotopic (exact) mass is 240 g/mol. The molecule has 0 spiro atoms. The van der Waals surface area contributed by atoms with E-state index in [1.807, 2.05) is 6.20 Å². The first-order valence-electron chi connectivity index (χ1n) is 6.14. The lowest BCUT2D eigenvalue weighted by atomic mass is 10.1. The van der Waals surface area contributed by atoms with Crippen LogP contribution in [0.1, 0.15) is 25.5 Å². The van der Waals surface area contributed by atoms with Crippen molar-refractivity contribution >= 4 is 0 Å². The summed E-state index contributed by atoms with van der Waals surface area (Å²) < 4.78 is 7.25. The summed E-state index contributed by atoms with van der Waals surface area (Å²) in [4.78, 5) is 0. The minimum atomic E-state index is 0.185. The minimum absolute atomic E-state index is 0.185. The molecule has 17 heavy (non-hydrogen) atoms. The van der Waals surface area contributed by atoms with Crippen LogP contribution in [0.2, 0.25) is 0 Å². The second-order valence-electron chi connectivity index (χ2n) is 4.40. The zero-order chi connectivity index (χ0) is 12.1. The summed E-state index contributed by atoms with van der Waals surface area (Å²) in [6.45, 7) is 4.54.